The molecule has 48 heavy (non-hydrogen) atoms. The summed E-state index contributed by atoms with van der Waals surface area (Å²) in [5.74, 6) is 0.869. The number of rotatable bonds is 5. The van der Waals surface area contributed by atoms with Crippen molar-refractivity contribution < 1.29 is 31.1 Å². The number of ether oxygens (including phenoxy) is 1. The maximum Gasteiger partial charge on any atom is 0.394 e. The Bertz CT molecular complexity index is 1740. The van der Waals surface area contributed by atoms with Crippen LogP contribution in [0.15, 0.2) is 47.8 Å². The largest absolute Gasteiger partial charge is 0.490 e. The van der Waals surface area contributed by atoms with Crippen molar-refractivity contribution >= 4 is 27.6 Å². The van der Waals surface area contributed by atoms with E-state index in [-0.39, 0.29) is 42.0 Å². The molecule has 1 unspecified atom stereocenters. The maximum absolute atomic E-state index is 13.7. The lowest BCUT2D eigenvalue weighted by molar-refractivity contribution is -0.190. The molecule has 5 heterocycles. The third-order valence-corrected chi connectivity index (χ3v) is 11.0. The third kappa shape index (κ3) is 7.40. The van der Waals surface area contributed by atoms with Gasteiger partial charge in [0, 0.05) is 18.6 Å². The molecular formula is C33H42F3N7O4S. The van der Waals surface area contributed by atoms with Crippen LogP contribution in [0.3, 0.4) is 0 Å². The molecule has 0 aromatic carbocycles. The average Bonchev–Trinajstić information content (AvgIpc) is 3.58. The van der Waals surface area contributed by atoms with Crippen LogP contribution in [-0.2, 0) is 10.0 Å². The number of nitrogens with zero attached hydrogens (tertiary/aromatic N) is 5. The molecular weight excluding hydrogens is 647 g/mol. The zero-order valence-electron chi connectivity index (χ0n) is 27.2. The summed E-state index contributed by atoms with van der Waals surface area (Å²) in [6.45, 7) is 5.37. The first-order valence-corrected chi connectivity index (χ1v) is 18.1. The quantitative estimate of drug-likeness (QED) is 0.319. The minimum atomic E-state index is -4.32. The molecule has 2 aliphatic heterocycles. The van der Waals surface area contributed by atoms with E-state index in [1.165, 1.54) is 29.2 Å². The van der Waals surface area contributed by atoms with Gasteiger partial charge in [0.15, 0.2) is 16.6 Å². The Morgan fingerprint density at radius 1 is 1.04 bits per heavy atom. The lowest BCUT2D eigenvalue weighted by atomic mass is 9.92. The number of hydrogen-bond acceptors (Lipinski definition) is 9. The van der Waals surface area contributed by atoms with Crippen LogP contribution >= 0.6 is 0 Å². The standard InChI is InChI=1S/C33H42F3N7O4S/c1-31(2)19-23-9-6-4-3-5-7-17-37-26-10-8-11-28(39-26)48(45,46)41-30(44)25-12-13-27(40-29(25)42(31)21-23)43-22-24(20-38-43)47-18-16-32(14-15-32)33(34,35)36/h8,10-13,20,22-23H,3-7,9,14-19,21H2,1-2H3,(H,37,39)(H,41,44). The van der Waals surface area contributed by atoms with Crippen molar-refractivity contribution in [2.45, 2.75) is 94.8 Å². The van der Waals surface area contributed by atoms with E-state index in [1.807, 2.05) is 0 Å². The van der Waals surface area contributed by atoms with Gasteiger partial charge in [-0.05, 0) is 82.6 Å². The molecule has 1 atom stereocenters. The van der Waals surface area contributed by atoms with Crippen LogP contribution in [0.25, 0.3) is 5.82 Å². The fourth-order valence-electron chi connectivity index (χ4n) is 6.80. The second kappa shape index (κ2) is 13.2. The van der Waals surface area contributed by atoms with Gasteiger partial charge in [0.2, 0.25) is 0 Å². The van der Waals surface area contributed by atoms with Gasteiger partial charge in [-0.25, -0.2) is 19.4 Å². The molecule has 4 bridgehead atoms. The second-order valence-corrected chi connectivity index (χ2v) is 15.4. The highest BCUT2D eigenvalue weighted by Gasteiger charge is 2.62. The first-order chi connectivity index (χ1) is 22.8. The molecule has 3 aromatic heterocycles. The summed E-state index contributed by atoms with van der Waals surface area (Å²) < 4.78 is 76.0. The van der Waals surface area contributed by atoms with Gasteiger partial charge in [0.25, 0.3) is 15.9 Å². The molecule has 3 aliphatic rings. The summed E-state index contributed by atoms with van der Waals surface area (Å²) in [4.78, 5) is 24.9. The van der Waals surface area contributed by atoms with E-state index < -0.39 is 27.5 Å². The van der Waals surface area contributed by atoms with Crippen molar-refractivity contribution in [1.82, 2.24) is 24.5 Å². The molecule has 260 valence electrons. The Morgan fingerprint density at radius 3 is 2.58 bits per heavy atom. The summed E-state index contributed by atoms with van der Waals surface area (Å²) in [6.07, 6.45) is 5.98. The number of sulfonamides is 1. The molecule has 2 fully saturated rings. The van der Waals surface area contributed by atoms with Crippen LogP contribution in [0.1, 0.15) is 88.4 Å². The molecule has 3 aromatic rings. The number of nitrogens with one attached hydrogen (secondary N) is 2. The SMILES string of the molecule is CC1(C)CC2CCCCCCCNc3cccc(n3)S(=O)(=O)NC(=O)c3ccc(-n4cc(OCCC5(C(F)(F)F)CC5)cn4)nc3N1C2. The lowest BCUT2D eigenvalue weighted by Gasteiger charge is -2.34. The van der Waals surface area contributed by atoms with Crippen LogP contribution in [-0.4, -0.2) is 65.5 Å². The highest BCUT2D eigenvalue weighted by molar-refractivity contribution is 7.90. The van der Waals surface area contributed by atoms with Crippen molar-refractivity contribution in [1.29, 1.82) is 0 Å². The van der Waals surface area contributed by atoms with Crippen LogP contribution in [0.4, 0.5) is 24.8 Å². The van der Waals surface area contributed by atoms with E-state index in [0.717, 1.165) is 44.9 Å². The summed E-state index contributed by atoms with van der Waals surface area (Å²) in [5.41, 5.74) is -1.97. The van der Waals surface area contributed by atoms with E-state index in [2.05, 4.69) is 38.9 Å². The van der Waals surface area contributed by atoms with Crippen molar-refractivity contribution in [3.63, 3.8) is 0 Å². The Kier molecular flexibility index (Phi) is 9.35. The number of aromatic nitrogens is 4. The Hall–Kier alpha value is -3.88. The number of fused-ring (bicyclic) bond motifs is 6. The molecule has 1 saturated carbocycles. The van der Waals surface area contributed by atoms with Crippen LogP contribution < -0.4 is 19.7 Å². The van der Waals surface area contributed by atoms with Crippen LogP contribution in [0.5, 0.6) is 5.75 Å². The van der Waals surface area contributed by atoms with Crippen LogP contribution in [0.2, 0.25) is 0 Å². The van der Waals surface area contributed by atoms with Crippen molar-refractivity contribution in [3.05, 3.63) is 48.3 Å². The van der Waals surface area contributed by atoms with Crippen molar-refractivity contribution in [2.24, 2.45) is 11.3 Å². The third-order valence-electron chi connectivity index (χ3n) is 9.74. The second-order valence-electron chi connectivity index (χ2n) is 13.8. The molecule has 0 radical (unpaired) electrons. The number of halogens is 3. The topological polar surface area (TPSA) is 131 Å². The Balaban J connectivity index is 1.29. The number of amides is 1. The van der Waals surface area contributed by atoms with Gasteiger partial charge >= 0.3 is 6.18 Å². The normalized spacial score (nSPS) is 22.3. The van der Waals surface area contributed by atoms with Gasteiger partial charge in [0.05, 0.1) is 30.0 Å². The van der Waals surface area contributed by atoms with E-state index >= 15 is 0 Å². The van der Waals surface area contributed by atoms with E-state index in [1.54, 1.807) is 18.2 Å². The summed E-state index contributed by atoms with van der Waals surface area (Å²) in [6, 6.07) is 7.67. The van der Waals surface area contributed by atoms with E-state index in [9.17, 15) is 26.4 Å². The molecule has 6 rings (SSSR count). The fraction of sp³-hybridized carbons (Fsp3) is 0.576. The van der Waals surface area contributed by atoms with Crippen LogP contribution in [0, 0.1) is 11.3 Å². The van der Waals surface area contributed by atoms with Gasteiger partial charge < -0.3 is 15.0 Å². The first kappa shape index (κ1) is 34.0. The number of carbonyl (C=O) groups is 1. The highest BCUT2D eigenvalue weighted by atomic mass is 32.2. The minimum absolute atomic E-state index is 0.0776. The number of pyridine rings is 2. The molecule has 2 N–H and O–H groups in total. The summed E-state index contributed by atoms with van der Waals surface area (Å²) in [5, 5.41) is 7.21. The molecule has 0 spiro atoms. The lowest BCUT2D eigenvalue weighted by Crippen LogP contribution is -2.41. The summed E-state index contributed by atoms with van der Waals surface area (Å²) in [7, 11) is -4.32. The first-order valence-electron chi connectivity index (χ1n) is 16.6. The van der Waals surface area contributed by atoms with Gasteiger partial charge in [-0.15, -0.1) is 0 Å². The number of hydrogen-bond donors (Lipinski definition) is 2. The predicted molar refractivity (Wildman–Crippen MR) is 174 cm³/mol. The fourth-order valence-corrected chi connectivity index (χ4v) is 7.73. The van der Waals surface area contributed by atoms with Crippen molar-refractivity contribution in [2.75, 3.05) is 29.9 Å². The zero-order chi connectivity index (χ0) is 34.2. The van der Waals surface area contributed by atoms with Gasteiger partial charge in [-0.3, -0.25) is 4.79 Å². The maximum atomic E-state index is 13.7. The van der Waals surface area contributed by atoms with Gasteiger partial charge in [-0.1, -0.05) is 31.7 Å². The smallest absolute Gasteiger partial charge is 0.394 e. The number of carbonyl (C=O) groups excluding carboxylic acids is 1. The van der Waals surface area contributed by atoms with E-state index in [4.69, 9.17) is 9.72 Å². The monoisotopic (exact) mass is 689 g/mol. The van der Waals surface area contributed by atoms with Crippen molar-refractivity contribution in [3.8, 4) is 11.6 Å². The molecule has 1 aliphatic carbocycles. The molecule has 15 heteroatoms. The number of alkyl halides is 3. The Morgan fingerprint density at radius 2 is 1.81 bits per heavy atom. The molecule has 1 saturated heterocycles. The molecule has 11 nitrogen and oxygen atoms in total. The summed E-state index contributed by atoms with van der Waals surface area (Å²) >= 11 is 0. The van der Waals surface area contributed by atoms with E-state index in [0.29, 0.717) is 42.2 Å². The van der Waals surface area contributed by atoms with Gasteiger partial charge in [-0.2, -0.15) is 26.7 Å². The highest BCUT2D eigenvalue weighted by Crippen LogP contribution is 2.59. The average molecular weight is 690 g/mol. The molecule has 1 amide bonds. The number of anilines is 2. The predicted octanol–water partition coefficient (Wildman–Crippen LogP) is 6.26. The zero-order valence-corrected chi connectivity index (χ0v) is 28.0. The van der Waals surface area contributed by atoms with Gasteiger partial charge in [0.1, 0.15) is 11.6 Å². The Labute approximate surface area is 278 Å². The minimum Gasteiger partial charge on any atom is -0.490 e.